The predicted molar refractivity (Wildman–Crippen MR) is 102 cm³/mol. The Morgan fingerprint density at radius 2 is 1.78 bits per heavy atom. The fraction of sp³-hybridized carbons (Fsp3) is 0.474. The molecule has 1 aromatic rings. The highest BCUT2D eigenvalue weighted by molar-refractivity contribution is 7.89. The van der Waals surface area contributed by atoms with Gasteiger partial charge in [0.2, 0.25) is 10.0 Å². The predicted octanol–water partition coefficient (Wildman–Crippen LogP) is 1.65. The van der Waals surface area contributed by atoms with Crippen LogP contribution in [0.25, 0.3) is 0 Å². The van der Waals surface area contributed by atoms with Crippen LogP contribution in [0.15, 0.2) is 35.2 Å². The van der Waals surface area contributed by atoms with Crippen molar-refractivity contribution in [2.24, 2.45) is 0 Å². The van der Waals surface area contributed by atoms with Crippen molar-refractivity contribution in [1.29, 1.82) is 0 Å². The molecule has 0 N–H and O–H groups in total. The maximum Gasteiger partial charge on any atom is 0.330 e. The van der Waals surface area contributed by atoms with Gasteiger partial charge in [-0.3, -0.25) is 4.79 Å². The standard InChI is InChI=1S/C19H26N2O5S/c1-4-5-6-19(23)26-14-18(22)20-9-11-21(12-10-20)27(24,25)17-8-7-15(2)16(3)13-17/h5-8,13H,4,9-12,14H2,1-3H3/b6-5+. The van der Waals surface area contributed by atoms with Crippen molar-refractivity contribution in [3.8, 4) is 0 Å². The second-order valence-electron chi connectivity index (χ2n) is 6.45. The molecule has 1 saturated heterocycles. The van der Waals surface area contributed by atoms with Gasteiger partial charge in [0.05, 0.1) is 4.90 Å². The normalized spacial score (nSPS) is 15.9. The van der Waals surface area contributed by atoms with E-state index in [1.54, 1.807) is 24.3 Å². The van der Waals surface area contributed by atoms with Crippen LogP contribution in [0.5, 0.6) is 0 Å². The number of carbonyl (C=O) groups is 2. The minimum absolute atomic E-state index is 0.213. The van der Waals surface area contributed by atoms with Gasteiger partial charge in [-0.1, -0.05) is 19.1 Å². The van der Waals surface area contributed by atoms with E-state index < -0.39 is 16.0 Å². The summed E-state index contributed by atoms with van der Waals surface area (Å²) in [5, 5.41) is 0. The Morgan fingerprint density at radius 1 is 1.11 bits per heavy atom. The van der Waals surface area contributed by atoms with Crippen molar-refractivity contribution in [3.63, 3.8) is 0 Å². The zero-order chi connectivity index (χ0) is 20.0. The van der Waals surface area contributed by atoms with Crippen molar-refractivity contribution < 1.29 is 22.7 Å². The van der Waals surface area contributed by atoms with Crippen molar-refractivity contribution >= 4 is 21.9 Å². The third kappa shape index (κ3) is 5.40. The van der Waals surface area contributed by atoms with Gasteiger partial charge in [-0.2, -0.15) is 4.31 Å². The first kappa shape index (κ1) is 21.1. The minimum atomic E-state index is -3.59. The van der Waals surface area contributed by atoms with Crippen molar-refractivity contribution in [2.45, 2.75) is 32.1 Å². The summed E-state index contributed by atoms with van der Waals surface area (Å²) < 4.78 is 31.9. The number of amides is 1. The molecule has 0 bridgehead atoms. The number of aryl methyl sites for hydroxylation is 2. The molecule has 27 heavy (non-hydrogen) atoms. The van der Waals surface area contributed by atoms with E-state index in [1.165, 1.54) is 15.3 Å². The Bertz CT molecular complexity index is 825. The third-order valence-electron chi connectivity index (χ3n) is 4.54. The molecular formula is C19H26N2O5S. The molecule has 2 rings (SSSR count). The van der Waals surface area contributed by atoms with Crippen LogP contribution < -0.4 is 0 Å². The Hall–Kier alpha value is -2.19. The number of allylic oxidation sites excluding steroid dienone is 1. The van der Waals surface area contributed by atoms with Gasteiger partial charge in [0.25, 0.3) is 5.91 Å². The van der Waals surface area contributed by atoms with Crippen LogP contribution in [0.4, 0.5) is 0 Å². The summed E-state index contributed by atoms with van der Waals surface area (Å²) in [4.78, 5) is 25.3. The van der Waals surface area contributed by atoms with E-state index in [0.29, 0.717) is 6.42 Å². The number of hydrogen-bond acceptors (Lipinski definition) is 5. The molecule has 0 aliphatic carbocycles. The molecule has 0 radical (unpaired) electrons. The number of hydrogen-bond donors (Lipinski definition) is 0. The molecule has 7 nitrogen and oxygen atoms in total. The van der Waals surface area contributed by atoms with Crippen LogP contribution in [-0.4, -0.2) is 62.3 Å². The van der Waals surface area contributed by atoms with Crippen molar-refractivity contribution in [3.05, 3.63) is 41.5 Å². The molecule has 0 atom stereocenters. The van der Waals surface area contributed by atoms with E-state index in [0.717, 1.165) is 11.1 Å². The second kappa shape index (κ2) is 9.14. The smallest absolute Gasteiger partial charge is 0.330 e. The van der Waals surface area contributed by atoms with E-state index >= 15 is 0 Å². The Labute approximate surface area is 160 Å². The van der Waals surface area contributed by atoms with Crippen LogP contribution in [0.1, 0.15) is 24.5 Å². The van der Waals surface area contributed by atoms with Gasteiger partial charge in [-0.05, 0) is 43.5 Å². The summed E-state index contributed by atoms with van der Waals surface area (Å²) in [6.07, 6.45) is 3.66. The molecule has 0 aromatic heterocycles. The zero-order valence-electron chi connectivity index (χ0n) is 16.0. The lowest BCUT2D eigenvalue weighted by atomic mass is 10.1. The number of piperazine rings is 1. The number of carbonyl (C=O) groups excluding carboxylic acids is 2. The minimum Gasteiger partial charge on any atom is -0.452 e. The van der Waals surface area contributed by atoms with Crippen LogP contribution >= 0.6 is 0 Å². The van der Waals surface area contributed by atoms with Gasteiger partial charge < -0.3 is 9.64 Å². The number of esters is 1. The molecule has 0 saturated carbocycles. The quantitative estimate of drug-likeness (QED) is 0.541. The van der Waals surface area contributed by atoms with Crippen LogP contribution in [0, 0.1) is 13.8 Å². The molecule has 1 fully saturated rings. The largest absolute Gasteiger partial charge is 0.452 e. The summed E-state index contributed by atoms with van der Waals surface area (Å²) in [7, 11) is -3.59. The zero-order valence-corrected chi connectivity index (χ0v) is 16.8. The molecule has 1 aromatic carbocycles. The Morgan fingerprint density at radius 3 is 2.37 bits per heavy atom. The summed E-state index contributed by atoms with van der Waals surface area (Å²) in [5.74, 6) is -0.877. The maximum atomic E-state index is 12.8. The second-order valence-corrected chi connectivity index (χ2v) is 8.39. The summed E-state index contributed by atoms with van der Waals surface area (Å²) in [6, 6.07) is 5.08. The van der Waals surface area contributed by atoms with E-state index in [2.05, 4.69) is 0 Å². The van der Waals surface area contributed by atoms with E-state index in [-0.39, 0.29) is 43.6 Å². The van der Waals surface area contributed by atoms with Gasteiger partial charge in [-0.25, -0.2) is 13.2 Å². The van der Waals surface area contributed by atoms with E-state index in [1.807, 2.05) is 20.8 Å². The molecule has 0 spiro atoms. The SMILES string of the molecule is CC/C=C/C(=O)OCC(=O)N1CCN(S(=O)(=O)c2ccc(C)c(C)c2)CC1. The highest BCUT2D eigenvalue weighted by Crippen LogP contribution is 2.20. The van der Waals surface area contributed by atoms with E-state index in [9.17, 15) is 18.0 Å². The lowest BCUT2D eigenvalue weighted by molar-refractivity contribution is -0.148. The van der Waals surface area contributed by atoms with Crippen LogP contribution in [-0.2, 0) is 24.3 Å². The first-order valence-corrected chi connectivity index (χ1v) is 10.4. The summed E-state index contributed by atoms with van der Waals surface area (Å²) >= 11 is 0. The number of nitrogens with zero attached hydrogens (tertiary/aromatic N) is 2. The number of ether oxygens (including phenoxy) is 1. The lowest BCUT2D eigenvalue weighted by Crippen LogP contribution is -2.51. The van der Waals surface area contributed by atoms with E-state index in [4.69, 9.17) is 4.74 Å². The summed E-state index contributed by atoms with van der Waals surface area (Å²) in [6.45, 7) is 6.33. The fourth-order valence-corrected chi connectivity index (χ4v) is 4.20. The van der Waals surface area contributed by atoms with Gasteiger partial charge in [0, 0.05) is 32.3 Å². The first-order chi connectivity index (χ1) is 12.8. The van der Waals surface area contributed by atoms with Crippen molar-refractivity contribution in [1.82, 2.24) is 9.21 Å². The van der Waals surface area contributed by atoms with Crippen LogP contribution in [0.2, 0.25) is 0 Å². The number of benzene rings is 1. The van der Waals surface area contributed by atoms with Gasteiger partial charge in [0.1, 0.15) is 0 Å². The number of sulfonamides is 1. The molecule has 1 aliphatic rings. The van der Waals surface area contributed by atoms with Gasteiger partial charge in [0.15, 0.2) is 6.61 Å². The topological polar surface area (TPSA) is 84.0 Å². The molecule has 1 heterocycles. The molecule has 1 amide bonds. The van der Waals surface area contributed by atoms with Gasteiger partial charge >= 0.3 is 5.97 Å². The molecular weight excluding hydrogens is 368 g/mol. The first-order valence-electron chi connectivity index (χ1n) is 8.94. The highest BCUT2D eigenvalue weighted by atomic mass is 32.2. The third-order valence-corrected chi connectivity index (χ3v) is 6.43. The molecule has 1 aliphatic heterocycles. The monoisotopic (exact) mass is 394 g/mol. The van der Waals surface area contributed by atoms with Crippen molar-refractivity contribution in [2.75, 3.05) is 32.8 Å². The highest BCUT2D eigenvalue weighted by Gasteiger charge is 2.30. The van der Waals surface area contributed by atoms with Gasteiger partial charge in [-0.15, -0.1) is 0 Å². The molecule has 8 heteroatoms. The fourth-order valence-electron chi connectivity index (χ4n) is 2.69. The maximum absolute atomic E-state index is 12.8. The molecule has 0 unspecified atom stereocenters. The summed E-state index contributed by atoms with van der Waals surface area (Å²) in [5.41, 5.74) is 1.96. The number of rotatable bonds is 6. The Balaban J connectivity index is 1.92. The lowest BCUT2D eigenvalue weighted by Gasteiger charge is -2.33. The average Bonchev–Trinajstić information content (AvgIpc) is 2.66. The molecule has 148 valence electrons. The van der Waals surface area contributed by atoms with Crippen LogP contribution in [0.3, 0.4) is 0 Å². The Kier molecular flexibility index (Phi) is 7.15. The average molecular weight is 394 g/mol.